The molecule has 3 atom stereocenters. The summed E-state index contributed by atoms with van der Waals surface area (Å²) in [6.45, 7) is 7.89. The van der Waals surface area contributed by atoms with Gasteiger partial charge in [0.2, 0.25) is 5.91 Å². The Morgan fingerprint density at radius 2 is 2.03 bits per heavy atom. The minimum atomic E-state index is -0.821. The third-order valence-corrected chi connectivity index (χ3v) is 7.56. The maximum Gasteiger partial charge on any atom is 0.251 e. The van der Waals surface area contributed by atoms with E-state index in [9.17, 15) is 14.9 Å². The molecule has 0 bridgehead atoms. The molecule has 1 fully saturated rings. The van der Waals surface area contributed by atoms with Gasteiger partial charge < -0.3 is 25.0 Å². The van der Waals surface area contributed by atoms with Crippen LogP contribution < -0.4 is 15.5 Å². The van der Waals surface area contributed by atoms with Crippen LogP contribution in [0.2, 0.25) is 0 Å². The SMILES string of the molecule is C[C@@H]1CN(c2cc(-c3csc(NC(=O)CNC(=O)c4ccc5c(c4)[C@](C)(C#N)COC5)n3)ccn2)C[C@H](C)O1. The zero-order valence-corrected chi connectivity index (χ0v) is 22.9. The number of benzene rings is 1. The number of thiazole rings is 1. The lowest BCUT2D eigenvalue weighted by Crippen LogP contribution is -2.45. The molecule has 3 aromatic rings. The quantitative estimate of drug-likeness (QED) is 0.481. The number of nitrogens with one attached hydrogen (secondary N) is 2. The number of ether oxygens (including phenoxy) is 2. The van der Waals surface area contributed by atoms with Crippen molar-refractivity contribution in [2.24, 2.45) is 0 Å². The number of rotatable bonds is 6. The molecule has 2 aliphatic rings. The Kier molecular flexibility index (Phi) is 7.61. The first kappa shape index (κ1) is 26.7. The van der Waals surface area contributed by atoms with Crippen molar-refractivity contribution < 1.29 is 19.1 Å². The van der Waals surface area contributed by atoms with Gasteiger partial charge in [-0.15, -0.1) is 11.3 Å². The summed E-state index contributed by atoms with van der Waals surface area (Å²) in [4.78, 5) is 36.6. The first-order valence-electron chi connectivity index (χ1n) is 12.8. The summed E-state index contributed by atoms with van der Waals surface area (Å²) in [6.07, 6.45) is 2.01. The fourth-order valence-electron chi connectivity index (χ4n) is 4.90. The van der Waals surface area contributed by atoms with E-state index >= 15 is 0 Å². The van der Waals surface area contributed by atoms with Gasteiger partial charge in [0.25, 0.3) is 5.91 Å². The average molecular weight is 547 g/mol. The predicted octanol–water partition coefficient (Wildman–Crippen LogP) is 3.50. The van der Waals surface area contributed by atoms with Crippen LogP contribution in [0.4, 0.5) is 10.9 Å². The normalized spacial score (nSPS) is 22.5. The second-order valence-electron chi connectivity index (χ2n) is 10.1. The maximum absolute atomic E-state index is 12.7. The summed E-state index contributed by atoms with van der Waals surface area (Å²) in [5, 5.41) is 17.3. The van der Waals surface area contributed by atoms with E-state index in [0.29, 0.717) is 17.3 Å². The fraction of sp³-hybridized carbons (Fsp3) is 0.393. The highest BCUT2D eigenvalue weighted by Crippen LogP contribution is 2.32. The lowest BCUT2D eigenvalue weighted by Gasteiger charge is -2.36. The van der Waals surface area contributed by atoms with E-state index in [1.54, 1.807) is 31.3 Å². The Morgan fingerprint density at radius 3 is 2.79 bits per heavy atom. The number of hydrogen-bond donors (Lipinski definition) is 2. The highest BCUT2D eigenvalue weighted by molar-refractivity contribution is 7.14. The van der Waals surface area contributed by atoms with E-state index in [4.69, 9.17) is 9.47 Å². The van der Waals surface area contributed by atoms with E-state index in [-0.39, 0.29) is 31.3 Å². The second-order valence-corrected chi connectivity index (χ2v) is 11.0. The van der Waals surface area contributed by atoms with Gasteiger partial charge in [0.15, 0.2) is 5.13 Å². The van der Waals surface area contributed by atoms with Crippen molar-refractivity contribution in [3.05, 3.63) is 58.6 Å². The first-order chi connectivity index (χ1) is 18.7. The van der Waals surface area contributed by atoms with Crippen molar-refractivity contribution in [1.82, 2.24) is 15.3 Å². The van der Waals surface area contributed by atoms with Crippen LogP contribution in [0.25, 0.3) is 11.3 Å². The standard InChI is InChI=1S/C28H30N6O4S/c1-17-11-34(12-18(2)38-17)24-9-19(6-7-30-24)23-14-39-27(32-23)33-25(35)10-31-26(36)20-4-5-21-13-37-16-28(3,15-29)22(21)8-20/h4-9,14,17-18H,10-13,16H2,1-3H3,(H,31,36)(H,32,33,35)/t17-,18+,28-/m1/s1. The lowest BCUT2D eigenvalue weighted by molar-refractivity contribution is -0.115. The van der Waals surface area contributed by atoms with Gasteiger partial charge in [-0.25, -0.2) is 9.97 Å². The number of morpholine rings is 1. The zero-order valence-electron chi connectivity index (χ0n) is 22.1. The minimum absolute atomic E-state index is 0.125. The molecule has 1 aromatic carbocycles. The Bertz CT molecular complexity index is 1430. The van der Waals surface area contributed by atoms with Crippen LogP contribution in [0.15, 0.2) is 41.9 Å². The summed E-state index contributed by atoms with van der Waals surface area (Å²) in [7, 11) is 0. The molecule has 5 rings (SSSR count). The molecule has 202 valence electrons. The Morgan fingerprint density at radius 1 is 1.23 bits per heavy atom. The van der Waals surface area contributed by atoms with E-state index in [1.807, 2.05) is 17.5 Å². The molecule has 0 unspecified atom stereocenters. The Hall–Kier alpha value is -3.85. The van der Waals surface area contributed by atoms with Crippen molar-refractivity contribution in [3.63, 3.8) is 0 Å². The molecule has 0 radical (unpaired) electrons. The molecule has 0 saturated carbocycles. The van der Waals surface area contributed by atoms with Gasteiger partial charge in [0, 0.05) is 35.8 Å². The molecular formula is C28H30N6O4S. The highest BCUT2D eigenvalue weighted by atomic mass is 32.1. The number of carbonyl (C=O) groups excluding carboxylic acids is 2. The van der Waals surface area contributed by atoms with Gasteiger partial charge in [-0.1, -0.05) is 6.07 Å². The number of nitrogens with zero attached hydrogens (tertiary/aromatic N) is 4. The molecule has 2 amide bonds. The monoisotopic (exact) mass is 546 g/mol. The second kappa shape index (κ2) is 11.1. The molecule has 10 nitrogen and oxygen atoms in total. The first-order valence-corrected chi connectivity index (χ1v) is 13.6. The summed E-state index contributed by atoms with van der Waals surface area (Å²) in [5.74, 6) is 0.0837. The number of nitriles is 1. The van der Waals surface area contributed by atoms with Gasteiger partial charge in [0.05, 0.1) is 43.7 Å². The predicted molar refractivity (Wildman–Crippen MR) is 148 cm³/mol. The molecule has 2 aromatic heterocycles. The van der Waals surface area contributed by atoms with Gasteiger partial charge in [-0.3, -0.25) is 9.59 Å². The summed E-state index contributed by atoms with van der Waals surface area (Å²) < 4.78 is 11.3. The van der Waals surface area contributed by atoms with Gasteiger partial charge in [-0.2, -0.15) is 5.26 Å². The Labute approximate surface area is 231 Å². The molecule has 1 saturated heterocycles. The number of carbonyl (C=O) groups is 2. The van der Waals surface area contributed by atoms with Crippen LogP contribution in [-0.4, -0.2) is 60.2 Å². The van der Waals surface area contributed by atoms with E-state index in [2.05, 4.69) is 45.4 Å². The van der Waals surface area contributed by atoms with Crippen molar-refractivity contribution in [2.75, 3.05) is 36.5 Å². The van der Waals surface area contributed by atoms with Crippen LogP contribution in [0, 0.1) is 11.3 Å². The third kappa shape index (κ3) is 5.93. The summed E-state index contributed by atoms with van der Waals surface area (Å²) >= 11 is 1.31. The highest BCUT2D eigenvalue weighted by Gasteiger charge is 2.33. The third-order valence-electron chi connectivity index (χ3n) is 6.81. The number of aromatic nitrogens is 2. The molecule has 0 aliphatic carbocycles. The van der Waals surface area contributed by atoms with Crippen molar-refractivity contribution >= 4 is 34.1 Å². The number of pyridine rings is 1. The van der Waals surface area contributed by atoms with E-state index in [1.165, 1.54) is 11.3 Å². The molecule has 2 N–H and O–H groups in total. The smallest absolute Gasteiger partial charge is 0.251 e. The summed E-state index contributed by atoms with van der Waals surface area (Å²) in [6, 6.07) is 11.3. The largest absolute Gasteiger partial charge is 0.375 e. The molecule has 0 spiro atoms. The maximum atomic E-state index is 12.7. The molecular weight excluding hydrogens is 516 g/mol. The lowest BCUT2D eigenvalue weighted by atomic mass is 9.79. The zero-order chi connectivity index (χ0) is 27.6. The van der Waals surface area contributed by atoms with Gasteiger partial charge in [-0.05, 0) is 56.2 Å². The van der Waals surface area contributed by atoms with Crippen LogP contribution in [0.5, 0.6) is 0 Å². The average Bonchev–Trinajstić information content (AvgIpc) is 3.40. The van der Waals surface area contributed by atoms with Crippen molar-refractivity contribution in [1.29, 1.82) is 5.26 Å². The van der Waals surface area contributed by atoms with Gasteiger partial charge >= 0.3 is 0 Å². The van der Waals surface area contributed by atoms with Crippen LogP contribution in [0.1, 0.15) is 42.3 Å². The Balaban J connectivity index is 1.19. The number of amides is 2. The summed E-state index contributed by atoms with van der Waals surface area (Å²) in [5.41, 5.74) is 2.86. The molecule has 4 heterocycles. The van der Waals surface area contributed by atoms with Crippen LogP contribution in [0.3, 0.4) is 0 Å². The topological polar surface area (TPSA) is 129 Å². The van der Waals surface area contributed by atoms with Gasteiger partial charge in [0.1, 0.15) is 11.2 Å². The number of anilines is 2. The number of fused-ring (bicyclic) bond motifs is 1. The van der Waals surface area contributed by atoms with Crippen LogP contribution >= 0.6 is 11.3 Å². The molecule has 11 heteroatoms. The van der Waals surface area contributed by atoms with Crippen molar-refractivity contribution in [2.45, 2.75) is 45.0 Å². The van der Waals surface area contributed by atoms with Crippen LogP contribution in [-0.2, 0) is 26.3 Å². The van der Waals surface area contributed by atoms with E-state index in [0.717, 1.165) is 41.3 Å². The molecule has 2 aliphatic heterocycles. The number of hydrogen-bond acceptors (Lipinski definition) is 9. The molecule has 39 heavy (non-hydrogen) atoms. The fourth-order valence-corrected chi connectivity index (χ4v) is 5.63. The van der Waals surface area contributed by atoms with E-state index < -0.39 is 11.3 Å². The minimum Gasteiger partial charge on any atom is -0.375 e. The van der Waals surface area contributed by atoms with Crippen molar-refractivity contribution in [3.8, 4) is 17.3 Å².